The maximum absolute atomic E-state index is 12.8. The first-order chi connectivity index (χ1) is 16.7. The van der Waals surface area contributed by atoms with E-state index in [0.717, 1.165) is 17.1 Å². The largest absolute Gasteiger partial charge is 0.479 e. The van der Waals surface area contributed by atoms with Gasteiger partial charge in [0.2, 0.25) is 18.1 Å². The zero-order valence-electron chi connectivity index (χ0n) is 17.7. The van der Waals surface area contributed by atoms with Gasteiger partial charge in [-0.1, -0.05) is 5.16 Å². The highest BCUT2D eigenvalue weighted by atomic mass is 32.2. The molecule has 0 saturated carbocycles. The average molecular weight is 521 g/mol. The second kappa shape index (κ2) is 10.1. The normalized spacial score (nSPS) is 19.3. The molecule has 35 heavy (non-hydrogen) atoms. The summed E-state index contributed by atoms with van der Waals surface area (Å²) in [5.41, 5.74) is 6.27. The minimum atomic E-state index is -1.29. The van der Waals surface area contributed by atoms with Crippen LogP contribution in [0.3, 0.4) is 0 Å². The Morgan fingerprint density at radius 1 is 1.31 bits per heavy atom. The number of β-lactam (4-membered cyclic amide) rings is 1. The quantitative estimate of drug-likeness (QED) is 0.135. The molecule has 2 amide bonds. The maximum atomic E-state index is 12.8. The number of anilines is 1. The Morgan fingerprint density at radius 3 is 2.69 bits per heavy atom. The molecule has 1 fully saturated rings. The van der Waals surface area contributed by atoms with Crippen molar-refractivity contribution in [2.75, 3.05) is 18.1 Å². The Bertz CT molecular complexity index is 1240. The lowest BCUT2D eigenvalue weighted by Crippen LogP contribution is -2.69. The summed E-state index contributed by atoms with van der Waals surface area (Å²) in [4.78, 5) is 57.2. The van der Waals surface area contributed by atoms with E-state index in [9.17, 15) is 19.2 Å². The van der Waals surface area contributed by atoms with Gasteiger partial charge >= 0.3 is 11.9 Å². The van der Waals surface area contributed by atoms with Crippen molar-refractivity contribution in [3.05, 3.63) is 47.7 Å². The van der Waals surface area contributed by atoms with Gasteiger partial charge in [0.1, 0.15) is 11.4 Å². The van der Waals surface area contributed by atoms with Gasteiger partial charge in [0.25, 0.3) is 11.8 Å². The fraction of sp³-hybridized carbons (Fsp3) is 0.263. The monoisotopic (exact) mass is 520 g/mol. The van der Waals surface area contributed by atoms with Gasteiger partial charge in [0.15, 0.2) is 24.1 Å². The van der Waals surface area contributed by atoms with Crippen LogP contribution < -0.4 is 15.6 Å². The van der Waals surface area contributed by atoms with Crippen LogP contribution in [0, 0.1) is 0 Å². The third kappa shape index (κ3) is 5.38. The standard InChI is InChI=1S/C19H17N7O7S2/c20-19-22-14(24-35-19)12(23-33-7-11(27)28)15(29)21-13-16(30)26-6-9(8-34-17(13)26)5-25-3-1-10(2-4-25)18(31)32/h1-4,6,13,17H,5,7-8H2,(H4-,20,21,22,24,27,28,29,31,32)/p+1/t13?,17-/m1/s1. The van der Waals surface area contributed by atoms with E-state index in [2.05, 4.69) is 24.7 Å². The first-order valence-corrected chi connectivity index (χ1v) is 11.7. The Kier molecular flexibility index (Phi) is 6.92. The van der Waals surface area contributed by atoms with Crippen LogP contribution in [0.15, 0.2) is 41.5 Å². The molecule has 0 aliphatic carbocycles. The number of nitrogens with zero attached hydrogens (tertiary/aromatic N) is 5. The number of thioether (sulfide) groups is 1. The Balaban J connectivity index is 1.41. The Hall–Kier alpha value is -4.05. The summed E-state index contributed by atoms with van der Waals surface area (Å²) in [5, 5.41) is 23.6. The number of fused-ring (bicyclic) bond motifs is 1. The molecule has 2 aromatic rings. The lowest BCUT2D eigenvalue weighted by molar-refractivity contribution is -0.689. The number of oxime groups is 1. The Labute approximate surface area is 205 Å². The smallest absolute Gasteiger partial charge is 0.344 e. The molecule has 2 aliphatic heterocycles. The summed E-state index contributed by atoms with van der Waals surface area (Å²) < 4.78 is 5.69. The van der Waals surface area contributed by atoms with E-state index in [1.165, 1.54) is 28.8 Å². The summed E-state index contributed by atoms with van der Waals surface area (Å²) >= 11 is 2.27. The molecular formula is C19H18N7O7S2+. The van der Waals surface area contributed by atoms with Crippen LogP contribution in [-0.2, 0) is 25.8 Å². The molecule has 0 bridgehead atoms. The molecule has 16 heteroatoms. The average Bonchev–Trinajstić information content (AvgIpc) is 3.26. The molecule has 1 unspecified atom stereocenters. The number of amides is 2. The van der Waals surface area contributed by atoms with Crippen molar-refractivity contribution in [1.29, 1.82) is 0 Å². The van der Waals surface area contributed by atoms with Gasteiger partial charge in [-0.05, 0) is 0 Å². The molecule has 182 valence electrons. The van der Waals surface area contributed by atoms with E-state index in [1.807, 2.05) is 0 Å². The van der Waals surface area contributed by atoms with E-state index in [4.69, 9.17) is 15.9 Å². The molecule has 2 aliphatic rings. The van der Waals surface area contributed by atoms with Crippen molar-refractivity contribution >= 4 is 57.9 Å². The molecule has 0 aromatic carbocycles. The van der Waals surface area contributed by atoms with Crippen molar-refractivity contribution < 1.29 is 38.8 Å². The second-order valence-electron chi connectivity index (χ2n) is 7.31. The van der Waals surface area contributed by atoms with Crippen LogP contribution in [0.25, 0.3) is 0 Å². The molecule has 2 atom stereocenters. The number of hydrogen-bond donors (Lipinski definition) is 4. The number of aromatic nitrogens is 3. The number of carboxylic acids is 2. The molecule has 0 radical (unpaired) electrons. The summed E-state index contributed by atoms with van der Waals surface area (Å²) in [7, 11) is 0. The van der Waals surface area contributed by atoms with Gasteiger partial charge in [-0.3, -0.25) is 9.59 Å². The number of rotatable bonds is 9. The summed E-state index contributed by atoms with van der Waals surface area (Å²) in [5.74, 6) is -3.01. The summed E-state index contributed by atoms with van der Waals surface area (Å²) in [6, 6.07) is 2.15. The van der Waals surface area contributed by atoms with Gasteiger partial charge < -0.3 is 31.0 Å². The highest BCUT2D eigenvalue weighted by Crippen LogP contribution is 2.36. The van der Waals surface area contributed by atoms with Crippen LogP contribution in [-0.4, -0.2) is 77.7 Å². The zero-order valence-corrected chi connectivity index (χ0v) is 19.4. The van der Waals surface area contributed by atoms with Crippen molar-refractivity contribution in [1.82, 2.24) is 19.6 Å². The van der Waals surface area contributed by atoms with Crippen LogP contribution in [0.4, 0.5) is 5.13 Å². The molecule has 1 saturated heterocycles. The number of hydrogen-bond acceptors (Lipinski definition) is 11. The molecule has 2 aromatic heterocycles. The van der Waals surface area contributed by atoms with Crippen molar-refractivity contribution in [2.45, 2.75) is 18.0 Å². The number of pyridine rings is 1. The fourth-order valence-electron chi connectivity index (χ4n) is 3.26. The molecule has 14 nitrogen and oxygen atoms in total. The number of nitrogens with one attached hydrogen (secondary N) is 1. The maximum Gasteiger partial charge on any atom is 0.344 e. The van der Waals surface area contributed by atoms with Crippen molar-refractivity contribution in [3.8, 4) is 0 Å². The van der Waals surface area contributed by atoms with Gasteiger partial charge in [-0.15, -0.1) is 11.8 Å². The van der Waals surface area contributed by atoms with Gasteiger partial charge in [-0.2, -0.15) is 9.36 Å². The van der Waals surface area contributed by atoms with Gasteiger partial charge in [0.05, 0.1) is 5.56 Å². The number of nitrogens with two attached hydrogens (primary N) is 1. The third-order valence-corrected chi connectivity index (χ3v) is 6.78. The topological polar surface area (TPSA) is 201 Å². The minimum Gasteiger partial charge on any atom is -0.479 e. The second-order valence-corrected chi connectivity index (χ2v) is 9.20. The third-order valence-electron chi connectivity index (χ3n) is 4.86. The van der Waals surface area contributed by atoms with Gasteiger partial charge in [0, 0.05) is 41.2 Å². The van der Waals surface area contributed by atoms with Crippen molar-refractivity contribution in [2.24, 2.45) is 5.16 Å². The highest BCUT2D eigenvalue weighted by Gasteiger charge is 2.50. The van der Waals surface area contributed by atoms with Gasteiger partial charge in [-0.25, -0.2) is 14.2 Å². The first-order valence-electron chi connectivity index (χ1n) is 9.91. The van der Waals surface area contributed by atoms with Crippen LogP contribution in [0.1, 0.15) is 16.2 Å². The van der Waals surface area contributed by atoms with Crippen LogP contribution in [0.2, 0.25) is 0 Å². The van der Waals surface area contributed by atoms with Crippen LogP contribution >= 0.6 is 23.3 Å². The lowest BCUT2D eigenvalue weighted by Gasteiger charge is -2.47. The molecule has 4 heterocycles. The lowest BCUT2D eigenvalue weighted by atomic mass is 10.1. The van der Waals surface area contributed by atoms with E-state index < -0.39 is 36.2 Å². The fourth-order valence-corrected chi connectivity index (χ4v) is 4.95. The highest BCUT2D eigenvalue weighted by molar-refractivity contribution is 8.00. The molecule has 4 rings (SSSR count). The zero-order chi connectivity index (χ0) is 25.1. The number of carbonyl (C=O) groups excluding carboxylic acids is 2. The summed E-state index contributed by atoms with van der Waals surface area (Å²) in [6.07, 6.45) is 5.01. The summed E-state index contributed by atoms with van der Waals surface area (Å²) in [6.45, 7) is -0.315. The van der Waals surface area contributed by atoms with E-state index in [0.29, 0.717) is 12.3 Å². The number of carboxylic acid groups (broad SMARTS) is 2. The van der Waals surface area contributed by atoms with Crippen LogP contribution in [0.5, 0.6) is 0 Å². The number of carbonyl (C=O) groups is 4. The predicted molar refractivity (Wildman–Crippen MR) is 121 cm³/mol. The Morgan fingerprint density at radius 2 is 2.06 bits per heavy atom. The molecule has 0 spiro atoms. The molecule has 5 N–H and O–H groups in total. The SMILES string of the molecule is Nc1nc(C(=NOCC(=O)O)C(=O)NC2C(=O)N3C=C(C[n+]4ccc(C(=O)O)cc4)CS[C@H]23)ns1. The molecular weight excluding hydrogens is 502 g/mol. The van der Waals surface area contributed by atoms with Crippen molar-refractivity contribution in [3.63, 3.8) is 0 Å². The van der Waals surface area contributed by atoms with E-state index in [1.54, 1.807) is 23.2 Å². The van der Waals surface area contributed by atoms with E-state index >= 15 is 0 Å². The minimum absolute atomic E-state index is 0.0700. The van der Waals surface area contributed by atoms with E-state index in [-0.39, 0.29) is 27.8 Å². The number of aliphatic carboxylic acids is 1. The predicted octanol–water partition coefficient (Wildman–Crippen LogP) is -1.10. The number of nitrogen functional groups attached to an aromatic ring is 1. The first kappa shape index (κ1) is 24.1. The number of aromatic carboxylic acids is 1.